The maximum Gasteiger partial charge on any atom is 0.348 e. The summed E-state index contributed by atoms with van der Waals surface area (Å²) in [5, 5.41) is 1.64. The third kappa shape index (κ3) is 3.87. The summed E-state index contributed by atoms with van der Waals surface area (Å²) in [6.45, 7) is 0. The number of nitrogens with one attached hydrogen (secondary N) is 2. The number of furan rings is 1. The first-order valence-electron chi connectivity index (χ1n) is 8.00. The first-order valence-corrected chi connectivity index (χ1v) is 11.5. The number of methoxy groups -OCH3 is 1. The van der Waals surface area contributed by atoms with Gasteiger partial charge in [-0.1, -0.05) is 12.1 Å². The molecule has 1 aromatic heterocycles. The van der Waals surface area contributed by atoms with E-state index in [2.05, 4.69) is 5.32 Å². The highest BCUT2D eigenvalue weighted by Crippen LogP contribution is 2.23. The van der Waals surface area contributed by atoms with Crippen molar-refractivity contribution < 1.29 is 35.6 Å². The van der Waals surface area contributed by atoms with Gasteiger partial charge in [0.1, 0.15) is 12.0 Å². The van der Waals surface area contributed by atoms with Crippen molar-refractivity contribution in [1.29, 1.82) is 0 Å². The lowest BCUT2D eigenvalue weighted by molar-refractivity contribution is 0.0948. The summed E-state index contributed by atoms with van der Waals surface area (Å²) in [6.07, 6.45) is 2.47. The van der Waals surface area contributed by atoms with Crippen LogP contribution >= 0.6 is 0 Å². The van der Waals surface area contributed by atoms with Gasteiger partial charge in [-0.2, -0.15) is 8.42 Å². The molecule has 12 heteroatoms. The molecule has 0 aliphatic heterocycles. The largest absolute Gasteiger partial charge is 0.496 e. The fraction of sp³-hybridized carbons (Fsp3) is 0.250. The molecule has 2 amide bonds. The molecule has 2 N–H and O–H groups in total. The van der Waals surface area contributed by atoms with Crippen LogP contribution in [0.5, 0.6) is 5.75 Å². The molecule has 1 saturated carbocycles. The summed E-state index contributed by atoms with van der Waals surface area (Å²) in [7, 11) is -9.08. The number of carbonyl (C=O) groups is 2. The Bertz CT molecular complexity index is 1130. The van der Waals surface area contributed by atoms with Crippen molar-refractivity contribution in [2.75, 3.05) is 7.11 Å². The van der Waals surface area contributed by atoms with Crippen LogP contribution in [0.3, 0.4) is 0 Å². The number of amides is 2. The van der Waals surface area contributed by atoms with E-state index in [1.54, 1.807) is 6.07 Å². The van der Waals surface area contributed by atoms with Gasteiger partial charge >= 0.3 is 17.9 Å². The second kappa shape index (κ2) is 7.28. The predicted molar refractivity (Wildman–Crippen MR) is 95.8 cm³/mol. The maximum atomic E-state index is 12.4. The van der Waals surface area contributed by atoms with Crippen molar-refractivity contribution in [3.05, 3.63) is 47.7 Å². The van der Waals surface area contributed by atoms with Crippen molar-refractivity contribution in [3.63, 3.8) is 0 Å². The van der Waals surface area contributed by atoms with E-state index in [0.29, 0.717) is 0 Å². The predicted octanol–water partition coefficient (Wildman–Crippen LogP) is 0.629. The molecule has 0 atom stereocenters. The van der Waals surface area contributed by atoms with Crippen LogP contribution in [0, 0.1) is 0 Å². The highest BCUT2D eigenvalue weighted by molar-refractivity contribution is 8.66. The molecule has 3 rings (SSSR count). The third-order valence-electron chi connectivity index (χ3n) is 3.85. The molecule has 0 spiro atoms. The van der Waals surface area contributed by atoms with Crippen LogP contribution in [0.4, 0.5) is 0 Å². The molecular weight excluding hydrogens is 412 g/mol. The monoisotopic (exact) mass is 428 g/mol. The minimum atomic E-state index is -5.22. The summed E-state index contributed by atoms with van der Waals surface area (Å²) in [5.41, 5.74) is -0.315. The van der Waals surface area contributed by atoms with E-state index in [-0.39, 0.29) is 22.9 Å². The van der Waals surface area contributed by atoms with Crippen molar-refractivity contribution in [2.45, 2.75) is 24.0 Å². The zero-order valence-corrected chi connectivity index (χ0v) is 16.2. The van der Waals surface area contributed by atoms with Gasteiger partial charge in [0.25, 0.3) is 11.8 Å². The second-order valence-corrected chi connectivity index (χ2v) is 11.0. The molecule has 0 radical (unpaired) electrons. The molecule has 1 aliphatic carbocycles. The SMILES string of the molecule is COc1ccccc1C(=O)NS(=O)(=O)S(=O)(=O)c1cc(C(=O)NC2CC2)co1. The van der Waals surface area contributed by atoms with Gasteiger partial charge in [-0.05, 0) is 25.0 Å². The Kier molecular flexibility index (Phi) is 5.17. The Morgan fingerprint density at radius 3 is 2.43 bits per heavy atom. The molecule has 1 aliphatic rings. The molecule has 1 fully saturated rings. The van der Waals surface area contributed by atoms with Gasteiger partial charge < -0.3 is 14.5 Å². The molecule has 2 aromatic rings. The number of rotatable bonds is 7. The van der Waals surface area contributed by atoms with E-state index in [4.69, 9.17) is 9.15 Å². The van der Waals surface area contributed by atoms with Crippen molar-refractivity contribution in [3.8, 4) is 5.75 Å². The number of benzene rings is 1. The summed E-state index contributed by atoms with van der Waals surface area (Å²) in [4.78, 5) is 24.1. The molecule has 1 heterocycles. The highest BCUT2D eigenvalue weighted by Gasteiger charge is 2.38. The Labute approximate surface area is 160 Å². The van der Waals surface area contributed by atoms with Crippen LogP contribution < -0.4 is 14.8 Å². The Hall–Kier alpha value is -2.86. The second-order valence-electron chi connectivity index (χ2n) is 5.94. The molecular formula is C16H16N2O8S2. The lowest BCUT2D eigenvalue weighted by Crippen LogP contribution is -2.36. The van der Waals surface area contributed by atoms with Gasteiger partial charge in [-0.25, -0.2) is 13.1 Å². The van der Waals surface area contributed by atoms with Gasteiger partial charge in [-0.3, -0.25) is 9.59 Å². The van der Waals surface area contributed by atoms with Crippen LogP contribution in [0.1, 0.15) is 33.6 Å². The zero-order valence-electron chi connectivity index (χ0n) is 14.5. The Morgan fingerprint density at radius 2 is 1.79 bits per heavy atom. The average Bonchev–Trinajstić information content (AvgIpc) is 3.31. The van der Waals surface area contributed by atoms with E-state index in [9.17, 15) is 26.4 Å². The van der Waals surface area contributed by atoms with Gasteiger partial charge in [0.05, 0.1) is 18.2 Å². The van der Waals surface area contributed by atoms with E-state index >= 15 is 0 Å². The fourth-order valence-electron chi connectivity index (χ4n) is 2.23. The van der Waals surface area contributed by atoms with Crippen molar-refractivity contribution >= 4 is 29.7 Å². The molecule has 1 aromatic carbocycles. The summed E-state index contributed by atoms with van der Waals surface area (Å²) >= 11 is 0. The smallest absolute Gasteiger partial charge is 0.348 e. The molecule has 150 valence electrons. The summed E-state index contributed by atoms with van der Waals surface area (Å²) in [5.74, 6) is -1.72. The number of hydrogen-bond acceptors (Lipinski definition) is 8. The Balaban J connectivity index is 1.83. The zero-order chi connectivity index (χ0) is 20.5. The number of hydrogen-bond donors (Lipinski definition) is 2. The van der Waals surface area contributed by atoms with Gasteiger partial charge in [0.15, 0.2) is 0 Å². The van der Waals surface area contributed by atoms with Crippen molar-refractivity contribution in [1.82, 2.24) is 10.0 Å². The van der Waals surface area contributed by atoms with E-state index in [1.807, 2.05) is 0 Å². The highest BCUT2D eigenvalue weighted by atomic mass is 33.2. The normalized spacial score (nSPS) is 14.3. The molecule has 0 bridgehead atoms. The summed E-state index contributed by atoms with van der Waals surface area (Å²) in [6, 6.07) is 6.50. The van der Waals surface area contributed by atoms with Gasteiger partial charge in [-0.15, -0.1) is 0 Å². The number of carbonyl (C=O) groups excluding carboxylic acids is 2. The Morgan fingerprint density at radius 1 is 1.11 bits per heavy atom. The molecule has 0 unspecified atom stereocenters. The fourth-order valence-corrected chi connectivity index (χ4v) is 4.79. The van der Waals surface area contributed by atoms with E-state index in [0.717, 1.165) is 25.2 Å². The van der Waals surface area contributed by atoms with E-state index < -0.39 is 34.8 Å². The minimum Gasteiger partial charge on any atom is -0.496 e. The van der Waals surface area contributed by atoms with Crippen LogP contribution in [-0.4, -0.2) is 41.8 Å². The molecule has 28 heavy (non-hydrogen) atoms. The van der Waals surface area contributed by atoms with Gasteiger partial charge in [0, 0.05) is 12.1 Å². The van der Waals surface area contributed by atoms with E-state index in [1.165, 1.54) is 30.0 Å². The van der Waals surface area contributed by atoms with Crippen LogP contribution in [-0.2, 0) is 17.9 Å². The van der Waals surface area contributed by atoms with Gasteiger partial charge in [0.2, 0.25) is 5.09 Å². The first-order chi connectivity index (χ1) is 13.2. The lowest BCUT2D eigenvalue weighted by atomic mass is 10.2. The molecule has 0 saturated heterocycles. The molecule has 10 nitrogen and oxygen atoms in total. The first kappa shape index (κ1) is 19.9. The standard InChI is InChI=1S/C16H16N2O8S2/c1-25-13-5-3-2-4-12(13)16(20)18-28(23,24)27(21,22)14-8-10(9-26-14)15(19)17-11-6-7-11/h2-5,8-9,11H,6-7H2,1H3,(H,17,19)(H,18,20). The summed E-state index contributed by atoms with van der Waals surface area (Å²) < 4.78 is 60.5. The van der Waals surface area contributed by atoms with Crippen molar-refractivity contribution in [2.24, 2.45) is 0 Å². The van der Waals surface area contributed by atoms with Crippen LogP contribution in [0.15, 0.2) is 46.1 Å². The van der Waals surface area contributed by atoms with Crippen LogP contribution in [0.25, 0.3) is 0 Å². The van der Waals surface area contributed by atoms with Crippen LogP contribution in [0.2, 0.25) is 0 Å². The topological polar surface area (TPSA) is 149 Å². The quantitative estimate of drug-likeness (QED) is 0.610. The minimum absolute atomic E-state index is 0.0198. The average molecular weight is 428 g/mol. The number of ether oxygens (including phenoxy) is 1. The maximum absolute atomic E-state index is 12.4. The third-order valence-corrected chi connectivity index (χ3v) is 8.05. The lowest BCUT2D eigenvalue weighted by Gasteiger charge is -2.09. The number of para-hydroxylation sites is 1.